The van der Waals surface area contributed by atoms with Crippen molar-refractivity contribution in [1.29, 1.82) is 0 Å². The van der Waals surface area contributed by atoms with Gasteiger partial charge in [-0.05, 0) is 13.7 Å². The summed E-state index contributed by atoms with van der Waals surface area (Å²) in [5.74, 6) is 0.139. The Labute approximate surface area is 73.1 Å². The Morgan fingerprint density at radius 1 is 1.75 bits per heavy atom. The third kappa shape index (κ3) is 2.30. The van der Waals surface area contributed by atoms with Gasteiger partial charge in [0.2, 0.25) is 0 Å². The maximum atomic E-state index is 11.0. The molecule has 1 saturated heterocycles. The number of ketones is 1. The van der Waals surface area contributed by atoms with Gasteiger partial charge < -0.3 is 15.2 Å². The zero-order chi connectivity index (χ0) is 9.14. The highest BCUT2D eigenvalue weighted by atomic mass is 16.2. The van der Waals surface area contributed by atoms with Crippen LogP contribution in [0.3, 0.4) is 0 Å². The van der Waals surface area contributed by atoms with Gasteiger partial charge in [-0.1, -0.05) is 0 Å². The van der Waals surface area contributed by atoms with Crippen LogP contribution in [0.25, 0.3) is 0 Å². The predicted molar refractivity (Wildman–Crippen MR) is 47.9 cm³/mol. The summed E-state index contributed by atoms with van der Waals surface area (Å²) in [5, 5.41) is 12.4. The largest absolute Gasteiger partial charge is 0.437 e. The molecular weight excluding hydrogens is 155 g/mol. The molecule has 0 spiro atoms. The summed E-state index contributed by atoms with van der Waals surface area (Å²) in [5.41, 5.74) is 0. The van der Waals surface area contributed by atoms with E-state index >= 15 is 0 Å². The van der Waals surface area contributed by atoms with Crippen molar-refractivity contribution in [2.45, 2.75) is 19.8 Å². The van der Waals surface area contributed by atoms with E-state index in [1.807, 2.05) is 4.81 Å². The second-order valence-corrected chi connectivity index (χ2v) is 3.24. The predicted octanol–water partition coefficient (Wildman–Crippen LogP) is -1.04. The maximum Gasteiger partial charge on any atom is 0.376 e. The van der Waals surface area contributed by atoms with Gasteiger partial charge in [0.1, 0.15) is 5.78 Å². The lowest BCUT2D eigenvalue weighted by molar-refractivity contribution is -0.119. The number of nitrogens with zero attached hydrogens (tertiary/aromatic N) is 1. The number of rotatable bonds is 2. The molecule has 5 heteroatoms. The molecule has 1 unspecified atom stereocenters. The monoisotopic (exact) mass is 170 g/mol. The average molecular weight is 170 g/mol. The fourth-order valence-electron chi connectivity index (χ4n) is 1.38. The first-order valence-corrected chi connectivity index (χ1v) is 4.27. The van der Waals surface area contributed by atoms with E-state index in [1.54, 1.807) is 13.7 Å². The first-order chi connectivity index (χ1) is 5.61. The molecule has 1 aliphatic rings. The topological polar surface area (TPSA) is 52.6 Å². The van der Waals surface area contributed by atoms with Gasteiger partial charge >= 0.3 is 7.05 Å². The van der Waals surface area contributed by atoms with Crippen molar-refractivity contribution in [3.05, 3.63) is 0 Å². The highest BCUT2D eigenvalue weighted by molar-refractivity contribution is 6.45. The van der Waals surface area contributed by atoms with E-state index in [9.17, 15) is 9.82 Å². The van der Waals surface area contributed by atoms with Crippen molar-refractivity contribution >= 4 is 12.8 Å². The number of nitrogens with one attached hydrogen (secondary N) is 1. The summed E-state index contributed by atoms with van der Waals surface area (Å²) in [6.07, 6.45) is 0. The van der Waals surface area contributed by atoms with Crippen LogP contribution in [-0.2, 0) is 4.79 Å². The fourth-order valence-corrected chi connectivity index (χ4v) is 1.38. The van der Waals surface area contributed by atoms with Crippen LogP contribution in [0.2, 0.25) is 6.82 Å². The molecule has 2 N–H and O–H groups in total. The molecule has 0 bridgehead atoms. The quantitative estimate of drug-likeness (QED) is 0.519. The van der Waals surface area contributed by atoms with E-state index in [0.717, 1.165) is 13.1 Å². The minimum Gasteiger partial charge on any atom is -0.437 e. The average Bonchev–Trinajstić information content (AvgIpc) is 2.04. The molecule has 0 aromatic heterocycles. The SMILES string of the molecule is CB(O)N1CCNC(C(C)=O)C1. The van der Waals surface area contributed by atoms with E-state index in [2.05, 4.69) is 5.32 Å². The Morgan fingerprint density at radius 3 is 2.92 bits per heavy atom. The zero-order valence-corrected chi connectivity index (χ0v) is 7.58. The second kappa shape index (κ2) is 4.02. The second-order valence-electron chi connectivity index (χ2n) is 3.24. The molecular formula is C7H15BN2O2. The highest BCUT2D eigenvalue weighted by Gasteiger charge is 2.26. The Hall–Kier alpha value is -0.385. The lowest BCUT2D eigenvalue weighted by Gasteiger charge is -2.32. The van der Waals surface area contributed by atoms with Crippen LogP contribution in [0.15, 0.2) is 0 Å². The molecule has 0 amide bonds. The highest BCUT2D eigenvalue weighted by Crippen LogP contribution is 2.01. The molecule has 0 saturated carbocycles. The molecule has 4 nitrogen and oxygen atoms in total. The van der Waals surface area contributed by atoms with E-state index in [1.165, 1.54) is 0 Å². The number of carbonyl (C=O) groups excluding carboxylic acids is 1. The number of hydrogen-bond acceptors (Lipinski definition) is 4. The Morgan fingerprint density at radius 2 is 2.42 bits per heavy atom. The first kappa shape index (κ1) is 9.70. The van der Waals surface area contributed by atoms with Crippen molar-refractivity contribution in [3.8, 4) is 0 Å². The van der Waals surface area contributed by atoms with E-state index < -0.39 is 7.05 Å². The summed E-state index contributed by atoms with van der Waals surface area (Å²) < 4.78 is 0. The lowest BCUT2D eigenvalue weighted by atomic mass is 9.83. The van der Waals surface area contributed by atoms with E-state index in [-0.39, 0.29) is 11.8 Å². The Bertz CT molecular complexity index is 175. The molecule has 0 aromatic rings. The minimum absolute atomic E-state index is 0.103. The molecule has 1 fully saturated rings. The van der Waals surface area contributed by atoms with Crippen LogP contribution in [0.5, 0.6) is 0 Å². The number of piperazine rings is 1. The third-order valence-electron chi connectivity index (χ3n) is 2.23. The van der Waals surface area contributed by atoms with Crippen LogP contribution in [0.4, 0.5) is 0 Å². The number of hydrogen-bond donors (Lipinski definition) is 2. The van der Waals surface area contributed by atoms with E-state index in [4.69, 9.17) is 0 Å². The summed E-state index contributed by atoms with van der Waals surface area (Å²) in [6, 6.07) is -0.103. The van der Waals surface area contributed by atoms with Crippen molar-refractivity contribution in [1.82, 2.24) is 10.1 Å². The van der Waals surface area contributed by atoms with Crippen molar-refractivity contribution in [3.63, 3.8) is 0 Å². The third-order valence-corrected chi connectivity index (χ3v) is 2.23. The zero-order valence-electron chi connectivity index (χ0n) is 7.58. The lowest BCUT2D eigenvalue weighted by Crippen LogP contribution is -2.57. The summed E-state index contributed by atoms with van der Waals surface area (Å²) in [4.78, 5) is 12.9. The standard InChI is InChI=1S/C7H15BN2O2/c1-6(11)7-5-10(8(2)12)4-3-9-7/h7,9,12H,3-5H2,1-2H3. The van der Waals surface area contributed by atoms with Gasteiger partial charge in [0, 0.05) is 19.6 Å². The molecule has 0 radical (unpaired) electrons. The van der Waals surface area contributed by atoms with Crippen LogP contribution in [0.1, 0.15) is 6.92 Å². The summed E-state index contributed by atoms with van der Waals surface area (Å²) in [7, 11) is -0.450. The molecule has 1 rings (SSSR count). The van der Waals surface area contributed by atoms with Crippen molar-refractivity contribution in [2.75, 3.05) is 19.6 Å². The maximum absolute atomic E-state index is 11.0. The molecule has 68 valence electrons. The van der Waals surface area contributed by atoms with Gasteiger partial charge in [-0.2, -0.15) is 0 Å². The van der Waals surface area contributed by atoms with Gasteiger partial charge in [0.25, 0.3) is 0 Å². The molecule has 1 aliphatic heterocycles. The molecule has 12 heavy (non-hydrogen) atoms. The van der Waals surface area contributed by atoms with Gasteiger partial charge in [-0.25, -0.2) is 0 Å². The molecule has 1 atom stereocenters. The van der Waals surface area contributed by atoms with Crippen LogP contribution in [0, 0.1) is 0 Å². The summed E-state index contributed by atoms with van der Waals surface area (Å²) in [6.45, 7) is 5.50. The van der Waals surface area contributed by atoms with Gasteiger partial charge in [-0.15, -0.1) is 0 Å². The van der Waals surface area contributed by atoms with Crippen molar-refractivity contribution in [2.24, 2.45) is 0 Å². The smallest absolute Gasteiger partial charge is 0.376 e. The van der Waals surface area contributed by atoms with Crippen LogP contribution >= 0.6 is 0 Å². The van der Waals surface area contributed by atoms with Gasteiger partial charge in [-0.3, -0.25) is 4.79 Å². The Kier molecular flexibility index (Phi) is 3.25. The number of Topliss-reactive ketones (excluding diaryl/α,β-unsaturated/α-hetero) is 1. The Balaban J connectivity index is 2.46. The number of carbonyl (C=O) groups is 1. The first-order valence-electron chi connectivity index (χ1n) is 4.27. The fraction of sp³-hybridized carbons (Fsp3) is 0.857. The minimum atomic E-state index is -0.450. The van der Waals surface area contributed by atoms with E-state index in [0.29, 0.717) is 6.54 Å². The van der Waals surface area contributed by atoms with Gasteiger partial charge in [0.15, 0.2) is 0 Å². The molecule has 0 aliphatic carbocycles. The van der Waals surface area contributed by atoms with Crippen LogP contribution < -0.4 is 5.32 Å². The van der Waals surface area contributed by atoms with Crippen LogP contribution in [-0.4, -0.2) is 48.3 Å². The summed E-state index contributed by atoms with van der Waals surface area (Å²) >= 11 is 0. The molecule has 1 heterocycles. The molecule has 0 aromatic carbocycles. The normalized spacial score (nSPS) is 25.4. The van der Waals surface area contributed by atoms with Gasteiger partial charge in [0.05, 0.1) is 6.04 Å². The van der Waals surface area contributed by atoms with Crippen molar-refractivity contribution < 1.29 is 9.82 Å².